The second kappa shape index (κ2) is 8.71. The van der Waals surface area contributed by atoms with Gasteiger partial charge in [-0.05, 0) is 63.5 Å². The van der Waals surface area contributed by atoms with Crippen LogP contribution in [0.25, 0.3) is 5.69 Å². The van der Waals surface area contributed by atoms with Crippen molar-refractivity contribution in [1.29, 1.82) is 0 Å². The van der Waals surface area contributed by atoms with E-state index in [4.69, 9.17) is 0 Å². The van der Waals surface area contributed by atoms with E-state index in [1.54, 1.807) is 4.90 Å². The Labute approximate surface area is 185 Å². The third-order valence-electron chi connectivity index (χ3n) is 6.71. The van der Waals surface area contributed by atoms with Crippen LogP contribution in [0.5, 0.6) is 0 Å². The molecule has 1 aromatic carbocycles. The van der Waals surface area contributed by atoms with E-state index >= 15 is 0 Å². The topological polar surface area (TPSA) is 55.2 Å². The number of hydrogen-bond donors (Lipinski definition) is 0. The zero-order valence-corrected chi connectivity index (χ0v) is 18.4. The Hall–Kier alpha value is -2.64. The molecule has 2 aliphatic carbocycles. The van der Waals surface area contributed by atoms with Crippen molar-refractivity contribution < 1.29 is 18.0 Å². The van der Waals surface area contributed by atoms with Crippen molar-refractivity contribution in [1.82, 2.24) is 14.7 Å². The number of carbonyl (C=O) groups excluding carboxylic acids is 1. The molecule has 0 unspecified atom stereocenters. The fraction of sp³-hybridized carbons (Fsp3) is 0.542. The van der Waals surface area contributed by atoms with Crippen LogP contribution in [0.3, 0.4) is 0 Å². The molecule has 0 saturated heterocycles. The van der Waals surface area contributed by atoms with Crippen molar-refractivity contribution >= 4 is 5.91 Å². The predicted octanol–water partition coefficient (Wildman–Crippen LogP) is 5.13. The van der Waals surface area contributed by atoms with Crippen molar-refractivity contribution in [3.05, 3.63) is 57.5 Å². The number of rotatable bonds is 5. The minimum Gasteiger partial charge on any atom is -0.331 e. The molecule has 0 atom stereocenters. The lowest BCUT2D eigenvalue weighted by atomic mass is 9.83. The molecule has 2 aromatic rings. The molecule has 2 aliphatic rings. The molecule has 0 spiro atoms. The number of alkyl halides is 3. The fourth-order valence-electron chi connectivity index (χ4n) is 4.77. The van der Waals surface area contributed by atoms with E-state index in [9.17, 15) is 22.8 Å². The first-order chi connectivity index (χ1) is 15.2. The average Bonchev–Trinajstić information content (AvgIpc) is 3.59. The third kappa shape index (κ3) is 4.45. The normalized spacial score (nSPS) is 21.4. The molecule has 5 nitrogen and oxygen atoms in total. The summed E-state index contributed by atoms with van der Waals surface area (Å²) in [7, 11) is 0. The van der Waals surface area contributed by atoms with Crippen LogP contribution >= 0.6 is 0 Å². The molecule has 2 saturated carbocycles. The van der Waals surface area contributed by atoms with Crippen LogP contribution in [-0.2, 0) is 6.18 Å². The summed E-state index contributed by atoms with van der Waals surface area (Å²) in [6, 6.07) is 6.39. The highest BCUT2D eigenvalue weighted by Gasteiger charge is 2.40. The molecule has 172 valence electrons. The lowest BCUT2D eigenvalue weighted by Gasteiger charge is -2.37. The van der Waals surface area contributed by atoms with Gasteiger partial charge in [0.05, 0.1) is 11.3 Å². The minimum atomic E-state index is -4.59. The van der Waals surface area contributed by atoms with Gasteiger partial charge in [0.25, 0.3) is 5.91 Å². The molecule has 0 radical (unpaired) electrons. The van der Waals surface area contributed by atoms with Crippen LogP contribution in [0.15, 0.2) is 35.1 Å². The summed E-state index contributed by atoms with van der Waals surface area (Å²) in [5.41, 5.74) is -1.69. The molecule has 4 rings (SSSR count). The lowest BCUT2D eigenvalue weighted by Crippen LogP contribution is -2.46. The second-order valence-electron chi connectivity index (χ2n) is 8.95. The molecule has 1 heterocycles. The van der Waals surface area contributed by atoms with Gasteiger partial charge in [-0.1, -0.05) is 25.5 Å². The number of nitrogens with zero attached hydrogens (tertiary/aromatic N) is 3. The zero-order chi connectivity index (χ0) is 23.0. The Morgan fingerprint density at radius 1 is 1.09 bits per heavy atom. The molecule has 0 aliphatic heterocycles. The Bertz CT molecular complexity index is 1050. The second-order valence-corrected chi connectivity index (χ2v) is 8.95. The first-order valence-electron chi connectivity index (χ1n) is 11.3. The van der Waals surface area contributed by atoms with Gasteiger partial charge in [0.2, 0.25) is 5.43 Å². The van der Waals surface area contributed by atoms with Crippen LogP contribution in [0.2, 0.25) is 0 Å². The molecule has 1 aromatic heterocycles. The van der Waals surface area contributed by atoms with Crippen LogP contribution < -0.4 is 5.43 Å². The first-order valence-corrected chi connectivity index (χ1v) is 11.3. The molecular weight excluding hydrogens is 419 g/mol. The molecule has 2 fully saturated rings. The lowest BCUT2D eigenvalue weighted by molar-refractivity contribution is -0.137. The monoisotopic (exact) mass is 447 g/mol. The van der Waals surface area contributed by atoms with Gasteiger partial charge >= 0.3 is 6.18 Å². The van der Waals surface area contributed by atoms with Crippen molar-refractivity contribution in [2.45, 2.75) is 77.1 Å². The highest BCUT2D eigenvalue weighted by atomic mass is 19.4. The van der Waals surface area contributed by atoms with Crippen LogP contribution in [0, 0.1) is 12.8 Å². The SMILES string of the molecule is CCC1CCC(N(C(=O)c2nn(-c3ccccc3C(F)(F)F)c(C)cc2=O)C2CC2)CC1. The van der Waals surface area contributed by atoms with Crippen molar-refractivity contribution in [3.8, 4) is 5.69 Å². The maximum atomic E-state index is 13.6. The zero-order valence-electron chi connectivity index (χ0n) is 18.4. The number of para-hydroxylation sites is 1. The van der Waals surface area contributed by atoms with Gasteiger partial charge in [-0.15, -0.1) is 0 Å². The van der Waals surface area contributed by atoms with E-state index in [0.29, 0.717) is 5.92 Å². The van der Waals surface area contributed by atoms with E-state index in [2.05, 4.69) is 12.0 Å². The maximum absolute atomic E-state index is 13.6. The number of amides is 1. The Morgan fingerprint density at radius 3 is 2.25 bits per heavy atom. The summed E-state index contributed by atoms with van der Waals surface area (Å²) < 4.78 is 41.8. The summed E-state index contributed by atoms with van der Waals surface area (Å²) >= 11 is 0. The van der Waals surface area contributed by atoms with E-state index in [0.717, 1.165) is 55.7 Å². The number of carbonyl (C=O) groups is 1. The molecule has 0 N–H and O–H groups in total. The summed E-state index contributed by atoms with van der Waals surface area (Å²) in [6.07, 6.45) is 2.16. The minimum absolute atomic E-state index is 0.0521. The third-order valence-corrected chi connectivity index (χ3v) is 6.71. The summed E-state index contributed by atoms with van der Waals surface area (Å²) in [6.45, 7) is 3.69. The smallest absolute Gasteiger partial charge is 0.331 e. The summed E-state index contributed by atoms with van der Waals surface area (Å²) in [4.78, 5) is 28.0. The van der Waals surface area contributed by atoms with Crippen molar-refractivity contribution in [2.24, 2.45) is 5.92 Å². The quantitative estimate of drug-likeness (QED) is 0.638. The molecule has 32 heavy (non-hydrogen) atoms. The van der Waals surface area contributed by atoms with Gasteiger partial charge < -0.3 is 4.90 Å². The Balaban J connectivity index is 1.72. The van der Waals surface area contributed by atoms with Crippen LogP contribution in [-0.4, -0.2) is 32.7 Å². The van der Waals surface area contributed by atoms with E-state index < -0.39 is 23.1 Å². The largest absolute Gasteiger partial charge is 0.418 e. The van der Waals surface area contributed by atoms with E-state index in [-0.39, 0.29) is 29.2 Å². The highest BCUT2D eigenvalue weighted by Crippen LogP contribution is 2.37. The van der Waals surface area contributed by atoms with E-state index in [1.807, 2.05) is 0 Å². The van der Waals surface area contributed by atoms with E-state index in [1.165, 1.54) is 31.2 Å². The van der Waals surface area contributed by atoms with Gasteiger partial charge in [0.1, 0.15) is 0 Å². The van der Waals surface area contributed by atoms with Crippen molar-refractivity contribution in [3.63, 3.8) is 0 Å². The van der Waals surface area contributed by atoms with Gasteiger partial charge in [-0.25, -0.2) is 4.68 Å². The highest BCUT2D eigenvalue weighted by molar-refractivity contribution is 5.92. The Morgan fingerprint density at radius 2 is 1.69 bits per heavy atom. The molecule has 0 bridgehead atoms. The van der Waals surface area contributed by atoms with Gasteiger partial charge in [-0.3, -0.25) is 9.59 Å². The predicted molar refractivity (Wildman–Crippen MR) is 115 cm³/mol. The Kier molecular flexibility index (Phi) is 6.14. The number of benzene rings is 1. The van der Waals surface area contributed by atoms with Gasteiger partial charge in [-0.2, -0.15) is 18.3 Å². The number of aromatic nitrogens is 2. The maximum Gasteiger partial charge on any atom is 0.418 e. The average molecular weight is 448 g/mol. The molecular formula is C24H28F3N3O2. The standard InChI is InChI=1S/C24H28F3N3O2/c1-3-16-8-10-17(11-9-16)29(18-12-13-18)23(32)22-21(31)14-15(2)30(28-22)20-7-5-4-6-19(20)24(25,26)27/h4-7,14,16-18H,3,8-13H2,1-2H3. The number of aryl methyl sites for hydroxylation is 1. The van der Waals surface area contributed by atoms with Crippen LogP contribution in [0.1, 0.15) is 73.6 Å². The molecule has 1 amide bonds. The van der Waals surface area contributed by atoms with Crippen LogP contribution in [0.4, 0.5) is 13.2 Å². The number of hydrogen-bond acceptors (Lipinski definition) is 3. The van der Waals surface area contributed by atoms with Gasteiger partial charge in [0, 0.05) is 23.8 Å². The first kappa shape index (κ1) is 22.6. The molecule has 8 heteroatoms. The van der Waals surface area contributed by atoms with Gasteiger partial charge in [0.15, 0.2) is 5.69 Å². The fourth-order valence-corrected chi connectivity index (χ4v) is 4.77. The summed E-state index contributed by atoms with van der Waals surface area (Å²) in [5.74, 6) is 0.201. The summed E-state index contributed by atoms with van der Waals surface area (Å²) in [5, 5.41) is 4.19. The van der Waals surface area contributed by atoms with Crippen molar-refractivity contribution in [2.75, 3.05) is 0 Å². The number of halogens is 3.